The van der Waals surface area contributed by atoms with E-state index in [1.54, 1.807) is 11.8 Å². The van der Waals surface area contributed by atoms with E-state index in [-0.39, 0.29) is 12.5 Å². The van der Waals surface area contributed by atoms with Gasteiger partial charge in [-0.3, -0.25) is 4.79 Å². The van der Waals surface area contributed by atoms with Gasteiger partial charge in [0.15, 0.2) is 5.79 Å². The van der Waals surface area contributed by atoms with E-state index in [1.165, 1.54) is 4.31 Å². The lowest BCUT2D eigenvalue weighted by molar-refractivity contribution is -0.187. The molecule has 2 aliphatic rings. The third-order valence-corrected chi connectivity index (χ3v) is 6.42. The van der Waals surface area contributed by atoms with E-state index in [4.69, 9.17) is 9.47 Å². The Labute approximate surface area is 154 Å². The number of carbonyl (C=O) groups excluding carboxylic acids is 1. The number of piperidine rings is 1. The molecule has 26 heavy (non-hydrogen) atoms. The van der Waals surface area contributed by atoms with Crippen molar-refractivity contribution in [2.45, 2.75) is 31.6 Å². The fourth-order valence-electron chi connectivity index (χ4n) is 3.56. The van der Waals surface area contributed by atoms with Gasteiger partial charge in [-0.15, -0.1) is 0 Å². The maximum atomic E-state index is 12.7. The Morgan fingerprint density at radius 3 is 2.31 bits per heavy atom. The average molecular weight is 382 g/mol. The minimum Gasteiger partial charge on any atom is -0.347 e. The van der Waals surface area contributed by atoms with Crippen LogP contribution in [0.2, 0.25) is 0 Å². The van der Waals surface area contributed by atoms with Gasteiger partial charge in [0.25, 0.3) is 0 Å². The lowest BCUT2D eigenvalue weighted by atomic mass is 10.0. The summed E-state index contributed by atoms with van der Waals surface area (Å²) in [4.78, 5) is 14.4. The lowest BCUT2D eigenvalue weighted by Crippen LogP contribution is -2.50. The zero-order chi connectivity index (χ0) is 18.8. The molecular formula is C18H26N2O5S. The van der Waals surface area contributed by atoms with Crippen molar-refractivity contribution in [2.24, 2.45) is 0 Å². The number of nitrogens with zero attached hydrogens (tertiary/aromatic N) is 2. The molecule has 2 heterocycles. The van der Waals surface area contributed by atoms with Gasteiger partial charge in [0.05, 0.1) is 26.0 Å². The molecule has 1 amide bonds. The molecule has 1 spiro atoms. The second-order valence-electron chi connectivity index (χ2n) is 6.88. The van der Waals surface area contributed by atoms with Crippen molar-refractivity contribution in [1.29, 1.82) is 0 Å². The highest BCUT2D eigenvalue weighted by Crippen LogP contribution is 2.31. The maximum Gasteiger partial charge on any atom is 0.237 e. The van der Waals surface area contributed by atoms with Gasteiger partial charge in [-0.05, 0) is 12.5 Å². The van der Waals surface area contributed by atoms with Gasteiger partial charge in [-0.2, -0.15) is 4.31 Å². The van der Waals surface area contributed by atoms with Crippen LogP contribution in [0.3, 0.4) is 0 Å². The van der Waals surface area contributed by atoms with Crippen LogP contribution in [0.4, 0.5) is 0 Å². The largest absolute Gasteiger partial charge is 0.347 e. The van der Waals surface area contributed by atoms with E-state index in [0.29, 0.717) is 39.1 Å². The summed E-state index contributed by atoms with van der Waals surface area (Å²) in [5.41, 5.74) is 0.857. The van der Waals surface area contributed by atoms with E-state index in [9.17, 15) is 13.2 Å². The topological polar surface area (TPSA) is 76.2 Å². The molecule has 0 N–H and O–H groups in total. The third-order valence-electron chi connectivity index (χ3n) is 5.12. The molecule has 0 saturated carbocycles. The SMILES string of the molecule is CC(c1ccccc1)N(CC(=O)N1CCC2(CC1)OCCO2)S(C)(=O)=O. The zero-order valence-corrected chi connectivity index (χ0v) is 16.1. The molecule has 8 heteroatoms. The minimum atomic E-state index is -3.53. The smallest absolute Gasteiger partial charge is 0.237 e. The Balaban J connectivity index is 1.66. The molecule has 2 fully saturated rings. The number of hydrogen-bond donors (Lipinski definition) is 0. The number of amides is 1. The van der Waals surface area contributed by atoms with Crippen LogP contribution in [0, 0.1) is 0 Å². The first-order valence-corrected chi connectivity index (χ1v) is 10.7. The number of carbonyl (C=O) groups is 1. The summed E-state index contributed by atoms with van der Waals surface area (Å²) in [5.74, 6) is -0.740. The molecule has 1 unspecified atom stereocenters. The van der Waals surface area contributed by atoms with Gasteiger partial charge >= 0.3 is 0 Å². The van der Waals surface area contributed by atoms with Gasteiger partial charge in [-0.1, -0.05) is 30.3 Å². The molecule has 2 aliphatic heterocycles. The van der Waals surface area contributed by atoms with Crippen molar-refractivity contribution in [3.05, 3.63) is 35.9 Å². The van der Waals surface area contributed by atoms with Crippen LogP contribution in [-0.4, -0.2) is 68.4 Å². The first-order chi connectivity index (χ1) is 12.3. The summed E-state index contributed by atoms with van der Waals surface area (Å²) >= 11 is 0. The summed E-state index contributed by atoms with van der Waals surface area (Å²) in [7, 11) is -3.53. The van der Waals surface area contributed by atoms with Crippen molar-refractivity contribution in [3.8, 4) is 0 Å². The number of ether oxygens (including phenoxy) is 2. The monoisotopic (exact) mass is 382 g/mol. The molecule has 2 saturated heterocycles. The van der Waals surface area contributed by atoms with Crippen molar-refractivity contribution in [2.75, 3.05) is 39.1 Å². The van der Waals surface area contributed by atoms with Crippen molar-refractivity contribution in [1.82, 2.24) is 9.21 Å². The summed E-state index contributed by atoms with van der Waals surface area (Å²) in [5, 5.41) is 0. The van der Waals surface area contributed by atoms with E-state index in [0.717, 1.165) is 11.8 Å². The fraction of sp³-hybridized carbons (Fsp3) is 0.611. The molecule has 0 aliphatic carbocycles. The van der Waals surface area contributed by atoms with Crippen molar-refractivity contribution < 1.29 is 22.7 Å². The summed E-state index contributed by atoms with van der Waals surface area (Å²) < 4.78 is 37.2. The van der Waals surface area contributed by atoms with E-state index >= 15 is 0 Å². The molecule has 1 aromatic carbocycles. The number of likely N-dealkylation sites (tertiary alicyclic amines) is 1. The second kappa shape index (κ2) is 7.64. The highest BCUT2D eigenvalue weighted by atomic mass is 32.2. The Morgan fingerprint density at radius 2 is 1.77 bits per heavy atom. The Kier molecular flexibility index (Phi) is 5.67. The number of benzene rings is 1. The molecule has 0 radical (unpaired) electrons. The van der Waals surface area contributed by atoms with Crippen molar-refractivity contribution in [3.63, 3.8) is 0 Å². The molecule has 1 aromatic rings. The lowest BCUT2D eigenvalue weighted by Gasteiger charge is -2.38. The van der Waals surface area contributed by atoms with Crippen LogP contribution in [0.5, 0.6) is 0 Å². The predicted octanol–water partition coefficient (Wildman–Crippen LogP) is 1.37. The summed E-state index contributed by atoms with van der Waals surface area (Å²) in [6.07, 6.45) is 2.38. The van der Waals surface area contributed by atoms with Crippen LogP contribution in [0.25, 0.3) is 0 Å². The van der Waals surface area contributed by atoms with Gasteiger partial charge in [0.1, 0.15) is 0 Å². The van der Waals surface area contributed by atoms with Crippen LogP contribution in [0.15, 0.2) is 30.3 Å². The van der Waals surface area contributed by atoms with Gasteiger partial charge in [-0.25, -0.2) is 8.42 Å². The second-order valence-corrected chi connectivity index (χ2v) is 8.82. The normalized spacial score (nSPS) is 21.3. The standard InChI is InChI=1S/C18H26N2O5S/c1-15(16-6-4-3-5-7-16)20(26(2,22)23)14-17(21)19-10-8-18(9-11-19)24-12-13-25-18/h3-7,15H,8-14H2,1-2H3. The quantitative estimate of drug-likeness (QED) is 0.769. The third kappa shape index (κ3) is 4.25. The molecule has 0 bridgehead atoms. The van der Waals surface area contributed by atoms with E-state index < -0.39 is 21.9 Å². The fourth-order valence-corrected chi connectivity index (χ4v) is 4.60. The molecule has 3 rings (SSSR count). The van der Waals surface area contributed by atoms with E-state index in [1.807, 2.05) is 30.3 Å². The van der Waals surface area contributed by atoms with E-state index in [2.05, 4.69) is 0 Å². The highest BCUT2D eigenvalue weighted by Gasteiger charge is 2.41. The number of sulfonamides is 1. The van der Waals surface area contributed by atoms with Gasteiger partial charge in [0.2, 0.25) is 15.9 Å². The van der Waals surface area contributed by atoms with Crippen molar-refractivity contribution >= 4 is 15.9 Å². The zero-order valence-electron chi connectivity index (χ0n) is 15.3. The first kappa shape index (κ1) is 19.3. The molecule has 144 valence electrons. The highest BCUT2D eigenvalue weighted by molar-refractivity contribution is 7.88. The van der Waals surface area contributed by atoms with Crippen LogP contribution in [-0.2, 0) is 24.3 Å². The molecular weight excluding hydrogens is 356 g/mol. The molecule has 1 atom stereocenters. The Morgan fingerprint density at radius 1 is 1.19 bits per heavy atom. The Hall–Kier alpha value is -1.48. The summed E-state index contributed by atoms with van der Waals surface area (Å²) in [6, 6.07) is 8.93. The van der Waals surface area contributed by atoms with Gasteiger partial charge < -0.3 is 14.4 Å². The van der Waals surface area contributed by atoms with Crippen LogP contribution >= 0.6 is 0 Å². The molecule has 0 aromatic heterocycles. The number of rotatable bonds is 5. The van der Waals surface area contributed by atoms with Crippen LogP contribution in [0.1, 0.15) is 31.4 Å². The Bertz CT molecular complexity index is 721. The molecule has 7 nitrogen and oxygen atoms in total. The first-order valence-electron chi connectivity index (χ1n) is 8.88. The predicted molar refractivity (Wildman–Crippen MR) is 96.9 cm³/mol. The number of hydrogen-bond acceptors (Lipinski definition) is 5. The van der Waals surface area contributed by atoms with Gasteiger partial charge in [0, 0.05) is 32.0 Å². The summed E-state index contributed by atoms with van der Waals surface area (Å²) in [6.45, 7) is 3.83. The average Bonchev–Trinajstić information content (AvgIpc) is 3.07. The minimum absolute atomic E-state index is 0.163. The van der Waals surface area contributed by atoms with Crippen LogP contribution < -0.4 is 0 Å². The maximum absolute atomic E-state index is 12.7.